The van der Waals surface area contributed by atoms with Crippen LogP contribution in [0.4, 0.5) is 0 Å². The number of nitrogens with one attached hydrogen (secondary N) is 2. The summed E-state index contributed by atoms with van der Waals surface area (Å²) in [7, 11) is 0. The van der Waals surface area contributed by atoms with Gasteiger partial charge in [0.25, 0.3) is 0 Å². The van der Waals surface area contributed by atoms with Crippen molar-refractivity contribution in [1.82, 2.24) is 10.6 Å². The molecule has 0 aromatic carbocycles. The van der Waals surface area contributed by atoms with Gasteiger partial charge < -0.3 is 5.32 Å². The molecule has 0 amide bonds. The van der Waals surface area contributed by atoms with E-state index in [0.717, 1.165) is 19.8 Å². The molecule has 0 bridgehead atoms. The van der Waals surface area contributed by atoms with Gasteiger partial charge in [-0.3, -0.25) is 10.3 Å². The Hall–Kier alpha value is -0.410. The first-order valence-corrected chi connectivity index (χ1v) is 4.34. The van der Waals surface area contributed by atoms with Crippen LogP contribution in [0, 0.1) is 5.41 Å². The molecule has 3 heteroatoms. The minimum atomic E-state index is 0.344. The average Bonchev–Trinajstić information content (AvgIpc) is 2.07. The van der Waals surface area contributed by atoms with Crippen LogP contribution in [-0.4, -0.2) is 32.5 Å². The van der Waals surface area contributed by atoms with Gasteiger partial charge in [-0.25, -0.2) is 0 Å². The van der Waals surface area contributed by atoms with Gasteiger partial charge in [0, 0.05) is 24.7 Å². The molecule has 2 aliphatic heterocycles. The maximum Gasteiger partial charge on any atom is 0.0881 e. The highest BCUT2D eigenvalue weighted by Gasteiger charge is 2.30. The lowest BCUT2D eigenvalue weighted by atomic mass is 9.81. The van der Waals surface area contributed by atoms with Crippen molar-refractivity contribution in [2.24, 2.45) is 10.4 Å². The molecule has 0 aliphatic carbocycles. The van der Waals surface area contributed by atoms with E-state index in [-0.39, 0.29) is 0 Å². The fourth-order valence-corrected chi connectivity index (χ4v) is 1.91. The highest BCUT2D eigenvalue weighted by atomic mass is 15.1. The lowest BCUT2D eigenvalue weighted by Gasteiger charge is -2.36. The summed E-state index contributed by atoms with van der Waals surface area (Å²) in [4.78, 5) is 4.28. The molecule has 0 radical (unpaired) electrons. The first-order valence-electron chi connectivity index (χ1n) is 4.34. The fraction of sp³-hybridized carbons (Fsp3) is 0.875. The van der Waals surface area contributed by atoms with Crippen LogP contribution >= 0.6 is 0 Å². The zero-order valence-corrected chi connectivity index (χ0v) is 6.77. The molecule has 1 spiro atoms. The van der Waals surface area contributed by atoms with E-state index in [1.165, 1.54) is 19.4 Å². The maximum absolute atomic E-state index is 4.28. The molecule has 11 heavy (non-hydrogen) atoms. The SMILES string of the molecule is C1=NCNCC12CCCNC2. The number of rotatable bonds is 0. The summed E-state index contributed by atoms with van der Waals surface area (Å²) in [5.41, 5.74) is 0.344. The van der Waals surface area contributed by atoms with Crippen LogP contribution in [0.25, 0.3) is 0 Å². The van der Waals surface area contributed by atoms with Crippen LogP contribution in [0.5, 0.6) is 0 Å². The summed E-state index contributed by atoms with van der Waals surface area (Å²) in [6.07, 6.45) is 4.72. The van der Waals surface area contributed by atoms with E-state index in [9.17, 15) is 0 Å². The molecule has 1 saturated heterocycles. The van der Waals surface area contributed by atoms with Gasteiger partial charge >= 0.3 is 0 Å². The Kier molecular flexibility index (Phi) is 1.92. The monoisotopic (exact) mass is 153 g/mol. The normalized spacial score (nSPS) is 37.8. The number of nitrogens with zero attached hydrogens (tertiary/aromatic N) is 1. The van der Waals surface area contributed by atoms with Crippen molar-refractivity contribution in [3.63, 3.8) is 0 Å². The van der Waals surface area contributed by atoms with Crippen LogP contribution in [0.15, 0.2) is 4.99 Å². The number of hydrogen-bond donors (Lipinski definition) is 2. The molecule has 62 valence electrons. The van der Waals surface area contributed by atoms with Crippen LogP contribution in [-0.2, 0) is 0 Å². The van der Waals surface area contributed by atoms with Gasteiger partial charge in [-0.1, -0.05) is 0 Å². The topological polar surface area (TPSA) is 36.4 Å². The molecule has 3 nitrogen and oxygen atoms in total. The first kappa shape index (κ1) is 7.25. The van der Waals surface area contributed by atoms with Crippen LogP contribution in [0.3, 0.4) is 0 Å². The van der Waals surface area contributed by atoms with E-state index < -0.39 is 0 Å². The predicted molar refractivity (Wildman–Crippen MR) is 45.9 cm³/mol. The molecule has 1 unspecified atom stereocenters. The Balaban J connectivity index is 2.06. The molecule has 1 atom stereocenters. The van der Waals surface area contributed by atoms with Crippen LogP contribution in [0.2, 0.25) is 0 Å². The van der Waals surface area contributed by atoms with Gasteiger partial charge in [-0.2, -0.15) is 0 Å². The standard InChI is InChI=1S/C8H15N3/c1-2-8(4-9-3-1)5-10-7-11-6-8/h5,9,11H,1-4,6-7H2. The number of aliphatic imine (C=N–C) groups is 1. The Morgan fingerprint density at radius 3 is 2.82 bits per heavy atom. The Bertz CT molecular complexity index is 159. The van der Waals surface area contributed by atoms with E-state index in [4.69, 9.17) is 0 Å². The molecule has 2 rings (SSSR count). The summed E-state index contributed by atoms with van der Waals surface area (Å²) in [5.74, 6) is 0. The van der Waals surface area contributed by atoms with Gasteiger partial charge in [0.2, 0.25) is 0 Å². The summed E-state index contributed by atoms with van der Waals surface area (Å²) in [6, 6.07) is 0. The molecule has 0 aromatic rings. The minimum absolute atomic E-state index is 0.344. The Morgan fingerprint density at radius 2 is 2.18 bits per heavy atom. The van der Waals surface area contributed by atoms with E-state index in [2.05, 4.69) is 21.8 Å². The quantitative estimate of drug-likeness (QED) is 0.513. The zero-order valence-electron chi connectivity index (χ0n) is 6.77. The second-order valence-electron chi connectivity index (χ2n) is 3.54. The Morgan fingerprint density at radius 1 is 1.27 bits per heavy atom. The van der Waals surface area contributed by atoms with Gasteiger partial charge in [0.1, 0.15) is 0 Å². The smallest absolute Gasteiger partial charge is 0.0881 e. The van der Waals surface area contributed by atoms with Crippen molar-refractivity contribution < 1.29 is 0 Å². The van der Waals surface area contributed by atoms with E-state index in [0.29, 0.717) is 5.41 Å². The molecular weight excluding hydrogens is 138 g/mol. The average molecular weight is 153 g/mol. The number of hydrogen-bond acceptors (Lipinski definition) is 3. The fourth-order valence-electron chi connectivity index (χ4n) is 1.91. The second kappa shape index (κ2) is 2.91. The summed E-state index contributed by atoms with van der Waals surface area (Å²) in [6.45, 7) is 4.18. The largest absolute Gasteiger partial charge is 0.316 e. The van der Waals surface area contributed by atoms with Gasteiger partial charge in [0.05, 0.1) is 6.67 Å². The third-order valence-corrected chi connectivity index (χ3v) is 2.55. The second-order valence-corrected chi connectivity index (χ2v) is 3.54. The zero-order chi connectivity index (χ0) is 7.57. The van der Waals surface area contributed by atoms with Crippen molar-refractivity contribution in [1.29, 1.82) is 0 Å². The van der Waals surface area contributed by atoms with E-state index in [1.54, 1.807) is 0 Å². The molecule has 2 heterocycles. The molecule has 1 fully saturated rings. The summed E-state index contributed by atoms with van der Waals surface area (Å²) < 4.78 is 0. The lowest BCUT2D eigenvalue weighted by molar-refractivity contribution is 0.289. The van der Waals surface area contributed by atoms with Crippen LogP contribution in [0.1, 0.15) is 12.8 Å². The molecule has 0 aromatic heterocycles. The van der Waals surface area contributed by atoms with Crippen molar-refractivity contribution in [2.75, 3.05) is 26.3 Å². The van der Waals surface area contributed by atoms with Crippen molar-refractivity contribution in [3.05, 3.63) is 0 Å². The molecule has 0 saturated carbocycles. The van der Waals surface area contributed by atoms with Crippen LogP contribution < -0.4 is 10.6 Å². The highest BCUT2D eigenvalue weighted by Crippen LogP contribution is 2.24. The maximum atomic E-state index is 4.28. The Labute approximate surface area is 67.3 Å². The van der Waals surface area contributed by atoms with Crippen molar-refractivity contribution in [2.45, 2.75) is 12.8 Å². The highest BCUT2D eigenvalue weighted by molar-refractivity contribution is 5.67. The third-order valence-electron chi connectivity index (χ3n) is 2.55. The first-order chi connectivity index (χ1) is 5.41. The van der Waals surface area contributed by atoms with E-state index >= 15 is 0 Å². The third kappa shape index (κ3) is 1.44. The molecule has 2 N–H and O–H groups in total. The van der Waals surface area contributed by atoms with Crippen molar-refractivity contribution in [3.8, 4) is 0 Å². The lowest BCUT2D eigenvalue weighted by Crippen LogP contribution is -2.49. The summed E-state index contributed by atoms with van der Waals surface area (Å²) >= 11 is 0. The predicted octanol–water partition coefficient (Wildman–Crippen LogP) is -0.0123. The van der Waals surface area contributed by atoms with Crippen molar-refractivity contribution >= 4 is 6.21 Å². The van der Waals surface area contributed by atoms with Gasteiger partial charge in [0.15, 0.2) is 0 Å². The van der Waals surface area contributed by atoms with E-state index in [1.807, 2.05) is 0 Å². The van der Waals surface area contributed by atoms with Gasteiger partial charge in [-0.05, 0) is 19.4 Å². The minimum Gasteiger partial charge on any atom is -0.316 e. The number of piperidine rings is 1. The molecule has 2 aliphatic rings. The molecular formula is C8H15N3. The van der Waals surface area contributed by atoms with Gasteiger partial charge in [-0.15, -0.1) is 0 Å². The summed E-state index contributed by atoms with van der Waals surface area (Å²) in [5, 5.41) is 6.72.